The van der Waals surface area contributed by atoms with E-state index in [1.54, 1.807) is 11.8 Å². The quantitative estimate of drug-likeness (QED) is 0.420. The average Bonchev–Trinajstić information content (AvgIpc) is 2.99. The largest absolute Gasteiger partial charge is 0.332 e. The van der Waals surface area contributed by atoms with Crippen LogP contribution in [0.25, 0.3) is 0 Å². The smallest absolute Gasteiger partial charge is 0.179 e. The van der Waals surface area contributed by atoms with Gasteiger partial charge in [-0.2, -0.15) is 0 Å². The normalized spacial score (nSPS) is 16.2. The monoisotopic (exact) mass is 365 g/mol. The Balaban J connectivity index is 1.92. The van der Waals surface area contributed by atoms with Gasteiger partial charge in [-0.25, -0.2) is 4.99 Å². The molecule has 23 heavy (non-hydrogen) atoms. The van der Waals surface area contributed by atoms with Crippen LogP contribution >= 0.6 is 35.6 Å². The first-order valence-corrected chi connectivity index (χ1v) is 9.28. The van der Waals surface area contributed by atoms with E-state index in [1.165, 1.54) is 0 Å². The molecule has 0 saturated carbocycles. The molecular formula is C17H20ClN3S2. The summed E-state index contributed by atoms with van der Waals surface area (Å²) in [6.07, 6.45) is 9.05. The van der Waals surface area contributed by atoms with Crippen LogP contribution in [0.2, 0.25) is 5.02 Å². The van der Waals surface area contributed by atoms with Crippen LogP contribution in [-0.2, 0) is 0 Å². The molecule has 0 aromatic heterocycles. The number of unbranched alkanes of at least 4 members (excludes halogenated alkanes) is 2. The summed E-state index contributed by atoms with van der Waals surface area (Å²) in [4.78, 5) is 6.55. The lowest BCUT2D eigenvalue weighted by molar-refractivity contribution is 0.687. The lowest BCUT2D eigenvalue weighted by Gasteiger charge is -2.19. The zero-order chi connectivity index (χ0) is 16.5. The van der Waals surface area contributed by atoms with Crippen LogP contribution in [0, 0.1) is 0 Å². The van der Waals surface area contributed by atoms with Crippen molar-refractivity contribution in [3.05, 3.63) is 54.2 Å². The molecule has 1 aromatic rings. The van der Waals surface area contributed by atoms with Crippen LogP contribution in [-0.4, -0.2) is 27.5 Å². The summed E-state index contributed by atoms with van der Waals surface area (Å²) in [6.45, 7) is 4.58. The first kappa shape index (κ1) is 18.0. The van der Waals surface area contributed by atoms with Crippen LogP contribution in [0.1, 0.15) is 19.3 Å². The minimum absolute atomic E-state index is 0.649. The van der Waals surface area contributed by atoms with Crippen LogP contribution in [0.5, 0.6) is 0 Å². The Labute approximate surface area is 152 Å². The van der Waals surface area contributed by atoms with E-state index in [2.05, 4.69) is 23.0 Å². The van der Waals surface area contributed by atoms with Gasteiger partial charge in [0.2, 0.25) is 0 Å². The fraction of sp³-hybridized carbons (Fsp3) is 0.294. The van der Waals surface area contributed by atoms with Crippen molar-refractivity contribution in [1.29, 1.82) is 0 Å². The van der Waals surface area contributed by atoms with Gasteiger partial charge in [-0.05, 0) is 49.7 Å². The number of aliphatic imine (C=N–C) groups is 1. The van der Waals surface area contributed by atoms with Gasteiger partial charge in [-0.1, -0.05) is 41.6 Å². The van der Waals surface area contributed by atoms with Crippen LogP contribution in [0.3, 0.4) is 0 Å². The van der Waals surface area contributed by atoms with Gasteiger partial charge in [-0.3, -0.25) is 4.90 Å². The highest BCUT2D eigenvalue weighted by atomic mass is 35.5. The van der Waals surface area contributed by atoms with E-state index in [1.807, 2.05) is 41.4 Å². The summed E-state index contributed by atoms with van der Waals surface area (Å²) in [7, 11) is 0. The summed E-state index contributed by atoms with van der Waals surface area (Å²) in [6, 6.07) is 7.53. The number of halogens is 1. The van der Waals surface area contributed by atoms with E-state index in [0.29, 0.717) is 10.1 Å². The molecule has 3 nitrogen and oxygen atoms in total. The van der Waals surface area contributed by atoms with Gasteiger partial charge in [0, 0.05) is 29.2 Å². The molecule has 1 N–H and O–H groups in total. The molecule has 6 heteroatoms. The van der Waals surface area contributed by atoms with E-state index in [-0.39, 0.29) is 0 Å². The second kappa shape index (κ2) is 9.75. The molecule has 0 bridgehead atoms. The van der Waals surface area contributed by atoms with Crippen molar-refractivity contribution >= 4 is 51.5 Å². The van der Waals surface area contributed by atoms with Gasteiger partial charge < -0.3 is 5.32 Å². The van der Waals surface area contributed by atoms with Gasteiger partial charge in [-0.15, -0.1) is 6.58 Å². The number of amidine groups is 1. The SMILES string of the molecule is C=CCCC/C=C/N=C1/SCCN1C(=S)Nc1cccc(Cl)c1. The number of nitrogens with one attached hydrogen (secondary N) is 1. The van der Waals surface area contributed by atoms with E-state index in [4.69, 9.17) is 23.8 Å². The standard InChI is InChI=1S/C17H20ClN3S2/c1-2-3-4-5-6-10-19-17-21(11-12-23-17)16(22)20-15-9-7-8-14(18)13-15/h2,6-10,13H,1,3-5,11-12H2,(H,20,22)/b10-6+,19-17+. The van der Waals surface area contributed by atoms with Gasteiger partial charge >= 0.3 is 0 Å². The number of allylic oxidation sites excluding steroid dienone is 2. The predicted molar refractivity (Wildman–Crippen MR) is 107 cm³/mol. The first-order valence-electron chi connectivity index (χ1n) is 7.51. The number of hydrogen-bond donors (Lipinski definition) is 1. The third kappa shape index (κ3) is 6.01. The highest BCUT2D eigenvalue weighted by Crippen LogP contribution is 2.21. The van der Waals surface area contributed by atoms with Crippen molar-refractivity contribution in [2.75, 3.05) is 17.6 Å². The third-order valence-electron chi connectivity index (χ3n) is 3.17. The molecule has 1 fully saturated rings. The molecule has 0 aliphatic carbocycles. The van der Waals surface area contributed by atoms with Crippen LogP contribution < -0.4 is 5.32 Å². The Bertz CT molecular complexity index is 614. The van der Waals surface area contributed by atoms with Crippen molar-refractivity contribution in [2.45, 2.75) is 19.3 Å². The summed E-state index contributed by atoms with van der Waals surface area (Å²) >= 11 is 13.2. The van der Waals surface area contributed by atoms with E-state index >= 15 is 0 Å². The van der Waals surface area contributed by atoms with Crippen molar-refractivity contribution in [3.63, 3.8) is 0 Å². The van der Waals surface area contributed by atoms with Gasteiger partial charge in [0.1, 0.15) is 0 Å². The number of rotatable bonds is 6. The summed E-state index contributed by atoms with van der Waals surface area (Å²) < 4.78 is 0. The Morgan fingerprint density at radius 2 is 2.35 bits per heavy atom. The van der Waals surface area contributed by atoms with Crippen LogP contribution in [0.15, 0.2) is 54.2 Å². The number of thiocarbonyl (C=S) groups is 1. The molecule has 0 unspecified atom stereocenters. The predicted octanol–water partition coefficient (Wildman–Crippen LogP) is 5.31. The number of hydrogen-bond acceptors (Lipinski definition) is 3. The van der Waals surface area contributed by atoms with Crippen molar-refractivity contribution in [1.82, 2.24) is 4.90 Å². The van der Waals surface area contributed by atoms with Crippen LogP contribution in [0.4, 0.5) is 5.69 Å². The molecule has 0 radical (unpaired) electrons. The molecule has 1 heterocycles. The minimum Gasteiger partial charge on any atom is -0.332 e. The van der Waals surface area contributed by atoms with Crippen molar-refractivity contribution in [3.8, 4) is 0 Å². The highest BCUT2D eigenvalue weighted by Gasteiger charge is 2.22. The maximum absolute atomic E-state index is 6.00. The van der Waals surface area contributed by atoms with Crippen molar-refractivity contribution in [2.24, 2.45) is 4.99 Å². The summed E-state index contributed by atoms with van der Waals surface area (Å²) in [5.74, 6) is 0.987. The first-order chi connectivity index (χ1) is 11.2. The Hall–Kier alpha value is -1.30. The molecule has 1 aliphatic heterocycles. The molecule has 0 spiro atoms. The van der Waals surface area contributed by atoms with E-state index in [9.17, 15) is 0 Å². The maximum Gasteiger partial charge on any atom is 0.179 e. The molecule has 122 valence electrons. The zero-order valence-corrected chi connectivity index (χ0v) is 15.3. The summed E-state index contributed by atoms with van der Waals surface area (Å²) in [5, 5.41) is 5.49. The van der Waals surface area contributed by atoms with E-state index < -0.39 is 0 Å². The lowest BCUT2D eigenvalue weighted by Crippen LogP contribution is -2.35. The fourth-order valence-corrected chi connectivity index (χ4v) is 3.50. The Kier molecular flexibility index (Phi) is 7.65. The van der Waals surface area contributed by atoms with Gasteiger partial charge in [0.05, 0.1) is 0 Å². The molecule has 2 rings (SSSR count). The summed E-state index contributed by atoms with van der Waals surface area (Å²) in [5.41, 5.74) is 0.888. The van der Waals surface area contributed by atoms with Crippen molar-refractivity contribution < 1.29 is 0 Å². The second-order valence-corrected chi connectivity index (χ2v) is 6.84. The molecule has 1 aromatic carbocycles. The molecular weight excluding hydrogens is 346 g/mol. The lowest BCUT2D eigenvalue weighted by atomic mass is 10.2. The highest BCUT2D eigenvalue weighted by molar-refractivity contribution is 8.14. The average molecular weight is 366 g/mol. The Morgan fingerprint density at radius 1 is 1.48 bits per heavy atom. The number of thioether (sulfide) groups is 1. The molecule has 1 aliphatic rings. The van der Waals surface area contributed by atoms with Gasteiger partial charge in [0.15, 0.2) is 10.3 Å². The van der Waals surface area contributed by atoms with E-state index in [0.717, 1.165) is 42.4 Å². The third-order valence-corrected chi connectivity index (χ3v) is 4.70. The molecule has 1 saturated heterocycles. The molecule has 0 amide bonds. The second-order valence-electron chi connectivity index (χ2n) is 4.96. The fourth-order valence-electron chi connectivity index (χ4n) is 2.03. The minimum atomic E-state index is 0.649. The Morgan fingerprint density at radius 3 is 3.13 bits per heavy atom. The number of nitrogens with zero attached hydrogens (tertiary/aromatic N) is 2. The molecule has 0 atom stereocenters. The zero-order valence-electron chi connectivity index (χ0n) is 12.9. The number of anilines is 1. The topological polar surface area (TPSA) is 27.6 Å². The maximum atomic E-state index is 6.00. The van der Waals surface area contributed by atoms with Gasteiger partial charge in [0.25, 0.3) is 0 Å². The number of benzene rings is 1.